The van der Waals surface area contributed by atoms with Crippen LogP contribution in [0.25, 0.3) is 0 Å². The second kappa shape index (κ2) is 11.8. The lowest BCUT2D eigenvalue weighted by atomic mass is 9.98. The Morgan fingerprint density at radius 3 is 1.89 bits per heavy atom. The van der Waals surface area contributed by atoms with E-state index in [0.717, 1.165) is 45.9 Å². The van der Waals surface area contributed by atoms with Gasteiger partial charge in [0.05, 0.1) is 11.1 Å². The lowest BCUT2D eigenvalue weighted by Gasteiger charge is -2.43. The van der Waals surface area contributed by atoms with E-state index in [1.165, 1.54) is 0 Å². The molecule has 1 saturated heterocycles. The fourth-order valence-corrected chi connectivity index (χ4v) is 3.28. The quantitative estimate of drug-likeness (QED) is 0.385. The first-order valence-corrected chi connectivity index (χ1v) is 10.4. The van der Waals surface area contributed by atoms with Crippen molar-refractivity contribution in [1.29, 1.82) is 0 Å². The number of halogens is 3. The number of benzene rings is 1. The predicted molar refractivity (Wildman–Crippen MR) is 109 cm³/mol. The molecule has 11 nitrogen and oxygen atoms in total. The first-order chi connectivity index (χ1) is 16.7. The summed E-state index contributed by atoms with van der Waals surface area (Å²) in [6.07, 6.45) is -12.8. The number of esters is 5. The van der Waals surface area contributed by atoms with Gasteiger partial charge in [-0.25, -0.2) is 4.79 Å². The summed E-state index contributed by atoms with van der Waals surface area (Å²) in [5.41, 5.74) is -1.64. The fraction of sp³-hybridized carbons (Fsp3) is 0.500. The highest BCUT2D eigenvalue weighted by Crippen LogP contribution is 2.32. The SMILES string of the molecule is CC(=O)OC[C@H]1O[C@@H](OC(=O)c2cccc(C(F)(F)F)c2)[C@H](OC(C)=O)[C@@H](OC(C)=O)[C@@H]1OC(C)=O. The zero-order chi connectivity index (χ0) is 27.2. The second-order valence-electron chi connectivity index (χ2n) is 7.55. The van der Waals surface area contributed by atoms with E-state index in [2.05, 4.69) is 0 Å². The molecule has 0 saturated carbocycles. The molecule has 0 bridgehead atoms. The van der Waals surface area contributed by atoms with Gasteiger partial charge in [0.2, 0.25) is 12.4 Å². The lowest BCUT2D eigenvalue weighted by Crippen LogP contribution is -2.63. The average Bonchev–Trinajstić information content (AvgIpc) is 2.75. The van der Waals surface area contributed by atoms with Crippen LogP contribution in [0.2, 0.25) is 0 Å². The van der Waals surface area contributed by atoms with Crippen molar-refractivity contribution < 1.29 is 65.6 Å². The molecule has 1 fully saturated rings. The summed E-state index contributed by atoms with van der Waals surface area (Å²) >= 11 is 0. The molecular formula is C22H23F3O11. The molecule has 0 N–H and O–H groups in total. The topological polar surface area (TPSA) is 141 Å². The Kier molecular flexibility index (Phi) is 9.39. The van der Waals surface area contributed by atoms with Gasteiger partial charge < -0.3 is 28.4 Å². The number of carbonyl (C=O) groups is 5. The molecule has 0 unspecified atom stereocenters. The number of alkyl halides is 3. The molecule has 1 heterocycles. The van der Waals surface area contributed by atoms with Gasteiger partial charge in [0, 0.05) is 27.7 Å². The van der Waals surface area contributed by atoms with E-state index in [1.54, 1.807) is 0 Å². The monoisotopic (exact) mass is 520 g/mol. The molecule has 1 aromatic carbocycles. The first-order valence-electron chi connectivity index (χ1n) is 10.4. The van der Waals surface area contributed by atoms with Crippen LogP contribution in [0.3, 0.4) is 0 Å². The van der Waals surface area contributed by atoms with Crippen molar-refractivity contribution in [2.75, 3.05) is 6.61 Å². The number of ether oxygens (including phenoxy) is 6. The number of hydrogen-bond donors (Lipinski definition) is 0. The van der Waals surface area contributed by atoms with Gasteiger partial charge in [0.1, 0.15) is 12.7 Å². The van der Waals surface area contributed by atoms with Crippen LogP contribution < -0.4 is 0 Å². The Labute approximate surface area is 202 Å². The summed E-state index contributed by atoms with van der Waals surface area (Å²) in [4.78, 5) is 59.3. The molecule has 14 heteroatoms. The summed E-state index contributed by atoms with van der Waals surface area (Å²) in [5.74, 6) is -4.79. The Balaban J connectivity index is 2.46. The van der Waals surface area contributed by atoms with E-state index in [9.17, 15) is 37.1 Å². The average molecular weight is 520 g/mol. The maximum atomic E-state index is 13.1. The molecule has 0 aromatic heterocycles. The largest absolute Gasteiger partial charge is 0.463 e. The Hall–Kier alpha value is -3.68. The normalized spacial score (nSPS) is 23.7. The molecule has 5 atom stereocenters. The minimum absolute atomic E-state index is 0.516. The second-order valence-corrected chi connectivity index (χ2v) is 7.55. The van der Waals surface area contributed by atoms with E-state index < -0.39 is 84.5 Å². The van der Waals surface area contributed by atoms with Crippen LogP contribution in [0, 0.1) is 0 Å². The van der Waals surface area contributed by atoms with Crippen molar-refractivity contribution in [1.82, 2.24) is 0 Å². The number of carbonyl (C=O) groups excluding carboxylic acids is 5. The molecule has 0 amide bonds. The van der Waals surface area contributed by atoms with E-state index in [-0.39, 0.29) is 0 Å². The maximum absolute atomic E-state index is 13.1. The molecule has 0 spiro atoms. The Bertz CT molecular complexity index is 1010. The summed E-state index contributed by atoms with van der Waals surface area (Å²) in [6.45, 7) is 3.49. The van der Waals surface area contributed by atoms with Crippen LogP contribution in [0.1, 0.15) is 43.6 Å². The third-order valence-electron chi connectivity index (χ3n) is 4.60. The highest BCUT2D eigenvalue weighted by atomic mass is 19.4. The van der Waals surface area contributed by atoms with Crippen molar-refractivity contribution in [3.05, 3.63) is 35.4 Å². The van der Waals surface area contributed by atoms with Crippen LogP contribution in [0.15, 0.2) is 24.3 Å². The van der Waals surface area contributed by atoms with E-state index in [1.807, 2.05) is 0 Å². The number of rotatable bonds is 7. The Morgan fingerprint density at radius 1 is 0.806 bits per heavy atom. The molecular weight excluding hydrogens is 497 g/mol. The summed E-state index contributed by atoms with van der Waals surface area (Å²) < 4.78 is 70.3. The highest BCUT2D eigenvalue weighted by molar-refractivity contribution is 5.89. The lowest BCUT2D eigenvalue weighted by molar-refractivity contribution is -0.294. The summed E-state index contributed by atoms with van der Waals surface area (Å²) in [5, 5.41) is 0. The molecule has 198 valence electrons. The van der Waals surface area contributed by atoms with E-state index >= 15 is 0 Å². The zero-order valence-electron chi connectivity index (χ0n) is 19.5. The van der Waals surface area contributed by atoms with Gasteiger partial charge >= 0.3 is 36.0 Å². The number of hydrogen-bond acceptors (Lipinski definition) is 11. The van der Waals surface area contributed by atoms with Gasteiger partial charge in [-0.05, 0) is 18.2 Å². The molecule has 0 aliphatic carbocycles. The van der Waals surface area contributed by atoms with Crippen LogP contribution in [0.4, 0.5) is 13.2 Å². The molecule has 1 aromatic rings. The van der Waals surface area contributed by atoms with Gasteiger partial charge in [-0.15, -0.1) is 0 Å². The standard InChI is InChI=1S/C22H23F3O11/c1-10(26)31-9-16-17(32-11(2)27)18(33-12(3)28)19(34-13(4)29)21(35-16)36-20(30)14-6-5-7-15(8-14)22(23,24)25/h5-8,16-19,21H,9H2,1-4H3/t16-,17-,18+,19-,21+/m1/s1. The van der Waals surface area contributed by atoms with E-state index in [0.29, 0.717) is 6.07 Å². The molecule has 2 rings (SSSR count). The molecule has 0 radical (unpaired) electrons. The molecule has 1 aliphatic rings. The summed E-state index contributed by atoms with van der Waals surface area (Å²) in [7, 11) is 0. The minimum Gasteiger partial charge on any atom is -0.463 e. The van der Waals surface area contributed by atoms with Crippen molar-refractivity contribution in [3.8, 4) is 0 Å². The van der Waals surface area contributed by atoms with Crippen molar-refractivity contribution in [2.45, 2.75) is 64.6 Å². The zero-order valence-corrected chi connectivity index (χ0v) is 19.5. The van der Waals surface area contributed by atoms with Crippen molar-refractivity contribution >= 4 is 29.8 Å². The predicted octanol–water partition coefficient (Wildman–Crippen LogP) is 1.95. The van der Waals surface area contributed by atoms with Crippen LogP contribution in [-0.2, 0) is 53.8 Å². The van der Waals surface area contributed by atoms with Gasteiger partial charge in [0.15, 0.2) is 12.2 Å². The summed E-state index contributed by atoms with van der Waals surface area (Å²) in [6, 6.07) is 3.30. The van der Waals surface area contributed by atoms with Gasteiger partial charge in [-0.1, -0.05) is 6.07 Å². The highest BCUT2D eigenvalue weighted by Gasteiger charge is 2.53. The van der Waals surface area contributed by atoms with Crippen LogP contribution >= 0.6 is 0 Å². The van der Waals surface area contributed by atoms with Crippen molar-refractivity contribution in [3.63, 3.8) is 0 Å². The van der Waals surface area contributed by atoms with Gasteiger partial charge in [-0.3, -0.25) is 19.2 Å². The van der Waals surface area contributed by atoms with Crippen molar-refractivity contribution in [2.24, 2.45) is 0 Å². The third kappa shape index (κ3) is 7.93. The van der Waals surface area contributed by atoms with Crippen LogP contribution in [-0.4, -0.2) is 67.2 Å². The maximum Gasteiger partial charge on any atom is 0.416 e. The minimum atomic E-state index is -4.75. The van der Waals surface area contributed by atoms with Gasteiger partial charge in [-0.2, -0.15) is 13.2 Å². The van der Waals surface area contributed by atoms with Gasteiger partial charge in [0.25, 0.3) is 0 Å². The van der Waals surface area contributed by atoms with E-state index in [4.69, 9.17) is 28.4 Å². The first kappa shape index (κ1) is 28.6. The molecule has 36 heavy (non-hydrogen) atoms. The molecule has 1 aliphatic heterocycles. The Morgan fingerprint density at radius 2 is 1.36 bits per heavy atom. The fourth-order valence-electron chi connectivity index (χ4n) is 3.28. The smallest absolute Gasteiger partial charge is 0.416 e. The third-order valence-corrected chi connectivity index (χ3v) is 4.60. The van der Waals surface area contributed by atoms with Crippen LogP contribution in [0.5, 0.6) is 0 Å².